The fraction of sp³-hybridized carbons (Fsp3) is 0.290. The summed E-state index contributed by atoms with van der Waals surface area (Å²) >= 11 is 0. The third-order valence-corrected chi connectivity index (χ3v) is 7.13. The molecule has 0 spiro atoms. The van der Waals surface area contributed by atoms with E-state index in [2.05, 4.69) is 23.2 Å². The molecule has 1 saturated heterocycles. The van der Waals surface area contributed by atoms with Gasteiger partial charge in [0.15, 0.2) is 11.5 Å². The van der Waals surface area contributed by atoms with E-state index in [-0.39, 0.29) is 17.6 Å². The van der Waals surface area contributed by atoms with E-state index in [9.17, 15) is 9.59 Å². The number of fused-ring (bicyclic) bond motifs is 1. The largest absolute Gasteiger partial charge is 0.449 e. The van der Waals surface area contributed by atoms with Gasteiger partial charge in [-0.05, 0) is 74.3 Å². The molecule has 190 valence electrons. The number of likely N-dealkylation sites (N-methyl/N-ethyl adjacent to an activating group) is 1. The van der Waals surface area contributed by atoms with Crippen LogP contribution in [-0.2, 0) is 11.3 Å². The molecule has 0 bridgehead atoms. The molecule has 2 aliphatic heterocycles. The minimum absolute atomic E-state index is 0.0783. The lowest BCUT2D eigenvalue weighted by atomic mass is 10.1. The van der Waals surface area contributed by atoms with Gasteiger partial charge < -0.3 is 10.1 Å². The first-order valence-corrected chi connectivity index (χ1v) is 13.0. The number of para-hydroxylation sites is 2. The molecule has 1 atom stereocenters. The predicted octanol–water partition coefficient (Wildman–Crippen LogP) is 5.18. The standard InChI is InChI=1S/C31H33N3O3/c1-3-33-17-7-10-26(33)20-32-30(35)25-15-13-23(14-16-25)19-29-31(36)34(21-24-9-6-8-22(2)18-24)27-11-4-5-12-28(27)37-29/h4-6,8-9,11-16,18-19,26H,3,7,10,17,20-21H2,1-2H3,(H,32,35)/b29-19+/t26-/m0/s1. The summed E-state index contributed by atoms with van der Waals surface area (Å²) in [5.41, 5.74) is 4.35. The number of rotatable bonds is 7. The van der Waals surface area contributed by atoms with Crippen molar-refractivity contribution in [2.24, 2.45) is 0 Å². The highest BCUT2D eigenvalue weighted by molar-refractivity contribution is 6.09. The molecule has 0 unspecified atom stereocenters. The van der Waals surface area contributed by atoms with E-state index in [1.165, 1.54) is 6.42 Å². The van der Waals surface area contributed by atoms with Crippen LogP contribution >= 0.6 is 0 Å². The van der Waals surface area contributed by atoms with Gasteiger partial charge in [-0.3, -0.25) is 19.4 Å². The Labute approximate surface area is 218 Å². The van der Waals surface area contributed by atoms with Crippen LogP contribution in [0.25, 0.3) is 6.08 Å². The van der Waals surface area contributed by atoms with Crippen molar-refractivity contribution in [3.63, 3.8) is 0 Å². The van der Waals surface area contributed by atoms with Crippen LogP contribution in [-0.4, -0.2) is 42.4 Å². The molecule has 2 amide bonds. The molecule has 0 aliphatic carbocycles. The number of aryl methyl sites for hydroxylation is 1. The number of nitrogens with one attached hydrogen (secondary N) is 1. The Kier molecular flexibility index (Phi) is 7.37. The smallest absolute Gasteiger partial charge is 0.294 e. The number of hydrogen-bond acceptors (Lipinski definition) is 4. The molecule has 3 aromatic carbocycles. The molecular formula is C31H33N3O3. The van der Waals surface area contributed by atoms with Gasteiger partial charge in [0, 0.05) is 18.2 Å². The molecule has 1 N–H and O–H groups in total. The second kappa shape index (κ2) is 11.0. The Morgan fingerprint density at radius 2 is 1.89 bits per heavy atom. The highest BCUT2D eigenvalue weighted by Gasteiger charge is 2.30. The zero-order chi connectivity index (χ0) is 25.8. The first-order chi connectivity index (χ1) is 18.0. The summed E-state index contributed by atoms with van der Waals surface area (Å²) in [6, 6.07) is 23.4. The first kappa shape index (κ1) is 24.8. The SMILES string of the molecule is CCN1CCC[C@H]1CNC(=O)c1ccc(/C=C2/Oc3ccccc3N(Cc3cccc(C)c3)C2=O)cc1. The third kappa shape index (κ3) is 5.59. The maximum absolute atomic E-state index is 13.5. The minimum Gasteiger partial charge on any atom is -0.449 e. The van der Waals surface area contributed by atoms with E-state index in [0.29, 0.717) is 30.4 Å². The summed E-state index contributed by atoms with van der Waals surface area (Å²) in [5, 5.41) is 3.08. The molecule has 6 nitrogen and oxygen atoms in total. The van der Waals surface area contributed by atoms with Gasteiger partial charge in [0.2, 0.25) is 0 Å². The number of benzene rings is 3. The van der Waals surface area contributed by atoms with Crippen molar-refractivity contribution in [3.8, 4) is 5.75 Å². The van der Waals surface area contributed by atoms with Gasteiger partial charge >= 0.3 is 0 Å². The van der Waals surface area contributed by atoms with Crippen molar-refractivity contribution in [2.45, 2.75) is 39.3 Å². The highest BCUT2D eigenvalue weighted by atomic mass is 16.5. The number of carbonyl (C=O) groups is 2. The van der Waals surface area contributed by atoms with Gasteiger partial charge in [-0.25, -0.2) is 0 Å². The van der Waals surface area contributed by atoms with Crippen LogP contribution in [0.15, 0.2) is 78.6 Å². The summed E-state index contributed by atoms with van der Waals surface area (Å²) in [7, 11) is 0. The van der Waals surface area contributed by atoms with Gasteiger partial charge in [-0.15, -0.1) is 0 Å². The van der Waals surface area contributed by atoms with Crippen LogP contribution in [0.2, 0.25) is 0 Å². The fourth-order valence-electron chi connectivity index (χ4n) is 5.15. The number of amides is 2. The average Bonchev–Trinajstić information content (AvgIpc) is 3.38. The summed E-state index contributed by atoms with van der Waals surface area (Å²) in [4.78, 5) is 30.3. The van der Waals surface area contributed by atoms with Crippen molar-refractivity contribution < 1.29 is 14.3 Å². The van der Waals surface area contributed by atoms with Crippen LogP contribution in [0.1, 0.15) is 46.8 Å². The number of nitrogens with zero attached hydrogens (tertiary/aromatic N) is 2. The number of hydrogen-bond donors (Lipinski definition) is 1. The Hall–Kier alpha value is -3.90. The molecule has 2 heterocycles. The maximum Gasteiger partial charge on any atom is 0.294 e. The van der Waals surface area contributed by atoms with Gasteiger partial charge in [0.1, 0.15) is 0 Å². The fourth-order valence-corrected chi connectivity index (χ4v) is 5.15. The normalized spacial score (nSPS) is 18.5. The number of carbonyl (C=O) groups excluding carboxylic acids is 2. The molecule has 0 aromatic heterocycles. The lowest BCUT2D eigenvalue weighted by Gasteiger charge is -2.30. The Morgan fingerprint density at radius 1 is 1.08 bits per heavy atom. The first-order valence-electron chi connectivity index (χ1n) is 13.0. The van der Waals surface area contributed by atoms with E-state index >= 15 is 0 Å². The zero-order valence-electron chi connectivity index (χ0n) is 21.4. The number of likely N-dealkylation sites (tertiary alicyclic amines) is 1. The molecule has 2 aliphatic rings. The third-order valence-electron chi connectivity index (χ3n) is 7.13. The minimum atomic E-state index is -0.195. The van der Waals surface area contributed by atoms with Crippen molar-refractivity contribution in [3.05, 3.63) is 101 Å². The van der Waals surface area contributed by atoms with Gasteiger partial charge in [0.25, 0.3) is 11.8 Å². The van der Waals surface area contributed by atoms with Crippen LogP contribution in [0.4, 0.5) is 5.69 Å². The van der Waals surface area contributed by atoms with E-state index < -0.39 is 0 Å². The Bertz CT molecular complexity index is 1320. The summed E-state index contributed by atoms with van der Waals surface area (Å²) < 4.78 is 6.02. The average molecular weight is 496 g/mol. The Morgan fingerprint density at radius 3 is 2.68 bits per heavy atom. The summed E-state index contributed by atoms with van der Waals surface area (Å²) in [6.07, 6.45) is 4.05. The Balaban J connectivity index is 1.31. The predicted molar refractivity (Wildman–Crippen MR) is 146 cm³/mol. The van der Waals surface area contributed by atoms with Crippen molar-refractivity contribution >= 4 is 23.6 Å². The molecule has 0 radical (unpaired) electrons. The molecule has 3 aromatic rings. The van der Waals surface area contributed by atoms with E-state index in [1.807, 2.05) is 61.5 Å². The van der Waals surface area contributed by atoms with Crippen LogP contribution in [0.5, 0.6) is 5.75 Å². The van der Waals surface area contributed by atoms with E-state index in [4.69, 9.17) is 4.74 Å². The van der Waals surface area contributed by atoms with E-state index in [1.54, 1.807) is 23.1 Å². The maximum atomic E-state index is 13.5. The second-order valence-corrected chi connectivity index (χ2v) is 9.72. The zero-order valence-corrected chi connectivity index (χ0v) is 21.4. The van der Waals surface area contributed by atoms with Crippen LogP contribution in [0.3, 0.4) is 0 Å². The topological polar surface area (TPSA) is 61.9 Å². The summed E-state index contributed by atoms with van der Waals surface area (Å²) in [6.45, 7) is 7.44. The quantitative estimate of drug-likeness (QED) is 0.459. The highest BCUT2D eigenvalue weighted by Crippen LogP contribution is 2.36. The van der Waals surface area contributed by atoms with Gasteiger partial charge in [0.05, 0.1) is 12.2 Å². The van der Waals surface area contributed by atoms with Crippen LogP contribution in [0, 0.1) is 6.92 Å². The lowest BCUT2D eigenvalue weighted by molar-refractivity contribution is -0.117. The van der Waals surface area contributed by atoms with Gasteiger partial charge in [-0.1, -0.05) is 61.0 Å². The van der Waals surface area contributed by atoms with Gasteiger partial charge in [-0.2, -0.15) is 0 Å². The van der Waals surface area contributed by atoms with Crippen molar-refractivity contribution in [1.29, 1.82) is 0 Å². The van der Waals surface area contributed by atoms with E-state index in [0.717, 1.165) is 41.9 Å². The second-order valence-electron chi connectivity index (χ2n) is 9.72. The molecule has 5 rings (SSSR count). The number of ether oxygens (including phenoxy) is 1. The van der Waals surface area contributed by atoms with Crippen LogP contribution < -0.4 is 15.0 Å². The molecular weight excluding hydrogens is 462 g/mol. The van der Waals surface area contributed by atoms with Crippen molar-refractivity contribution in [1.82, 2.24) is 10.2 Å². The molecule has 1 fully saturated rings. The monoisotopic (exact) mass is 495 g/mol. The molecule has 37 heavy (non-hydrogen) atoms. The molecule has 6 heteroatoms. The number of anilines is 1. The summed E-state index contributed by atoms with van der Waals surface area (Å²) in [5.74, 6) is 0.624. The lowest BCUT2D eigenvalue weighted by Crippen LogP contribution is -2.40. The van der Waals surface area contributed by atoms with Crippen molar-refractivity contribution in [2.75, 3.05) is 24.5 Å². The molecule has 0 saturated carbocycles.